The van der Waals surface area contributed by atoms with Crippen molar-refractivity contribution in [2.45, 2.75) is 71.7 Å². The molecule has 4 aromatic rings. The van der Waals surface area contributed by atoms with E-state index in [1.807, 2.05) is 0 Å². The van der Waals surface area contributed by atoms with Crippen LogP contribution in [0.1, 0.15) is 69.6 Å². The van der Waals surface area contributed by atoms with Crippen LogP contribution in [0.15, 0.2) is 104 Å². The zero-order valence-electron chi connectivity index (χ0n) is 22.4. The third-order valence-corrected chi connectivity index (χ3v) is 23.7. The van der Waals surface area contributed by atoms with E-state index < -0.39 is 23.9 Å². The van der Waals surface area contributed by atoms with Crippen molar-refractivity contribution in [3.63, 3.8) is 0 Å². The molecule has 4 rings (SSSR count). The summed E-state index contributed by atoms with van der Waals surface area (Å²) in [5.41, 5.74) is 3.43. The van der Waals surface area contributed by atoms with Gasteiger partial charge in [0.25, 0.3) is 0 Å². The van der Waals surface area contributed by atoms with Gasteiger partial charge in [0.1, 0.15) is 0 Å². The fraction of sp³-hybridized carbons (Fsp3) is 0.364. The SMILES string of the molecule is CCC[CH2][Sn]([CH2]CC)([CH2]CCC)[c]1cncn1C(c1ccccc1)(c1ccccc1)c1ccccc1. The Kier molecular flexibility index (Phi) is 9.47. The molecule has 0 aliphatic carbocycles. The van der Waals surface area contributed by atoms with Crippen LogP contribution in [-0.4, -0.2) is 27.9 Å². The van der Waals surface area contributed by atoms with Crippen LogP contribution < -0.4 is 3.71 Å². The van der Waals surface area contributed by atoms with E-state index in [9.17, 15) is 0 Å². The van der Waals surface area contributed by atoms with Gasteiger partial charge in [-0.3, -0.25) is 0 Å². The van der Waals surface area contributed by atoms with Crippen molar-refractivity contribution in [3.8, 4) is 0 Å². The summed E-state index contributed by atoms with van der Waals surface area (Å²) < 4.78 is 8.45. The zero-order valence-corrected chi connectivity index (χ0v) is 25.2. The summed E-state index contributed by atoms with van der Waals surface area (Å²) in [5, 5.41) is 0. The number of hydrogen-bond acceptors (Lipinski definition) is 1. The normalized spacial score (nSPS) is 12.1. The Labute approximate surface area is 222 Å². The van der Waals surface area contributed by atoms with Crippen molar-refractivity contribution >= 4 is 22.1 Å². The second-order valence-corrected chi connectivity index (χ2v) is 23.2. The van der Waals surface area contributed by atoms with E-state index in [-0.39, 0.29) is 0 Å². The van der Waals surface area contributed by atoms with Crippen LogP contribution in [0.2, 0.25) is 13.3 Å². The Bertz CT molecular complexity index is 1060. The minimum atomic E-state index is -2.80. The van der Waals surface area contributed by atoms with Gasteiger partial charge < -0.3 is 0 Å². The number of nitrogens with zero attached hydrogens (tertiary/aromatic N) is 2. The summed E-state index contributed by atoms with van der Waals surface area (Å²) >= 11 is -2.80. The monoisotopic (exact) mass is 586 g/mol. The molecule has 188 valence electrons. The van der Waals surface area contributed by atoms with Gasteiger partial charge in [0.15, 0.2) is 0 Å². The Morgan fingerprint density at radius 2 is 1.06 bits per heavy atom. The average Bonchev–Trinajstić information content (AvgIpc) is 3.43. The first kappa shape index (κ1) is 26.7. The van der Waals surface area contributed by atoms with Crippen LogP contribution in [0.25, 0.3) is 0 Å². The molecule has 0 fully saturated rings. The molecule has 0 N–H and O–H groups in total. The van der Waals surface area contributed by atoms with Gasteiger partial charge in [0.05, 0.1) is 0 Å². The molecule has 1 aromatic heterocycles. The molecule has 0 amide bonds. The van der Waals surface area contributed by atoms with Gasteiger partial charge in [-0.1, -0.05) is 0 Å². The van der Waals surface area contributed by atoms with Crippen molar-refractivity contribution in [3.05, 3.63) is 120 Å². The third-order valence-electron chi connectivity index (χ3n) is 7.86. The summed E-state index contributed by atoms with van der Waals surface area (Å²) in [7, 11) is 0. The van der Waals surface area contributed by atoms with Crippen LogP contribution in [0.5, 0.6) is 0 Å². The quantitative estimate of drug-likeness (QED) is 0.114. The van der Waals surface area contributed by atoms with Gasteiger partial charge >= 0.3 is 224 Å². The third kappa shape index (κ3) is 5.20. The van der Waals surface area contributed by atoms with Crippen LogP contribution in [0, 0.1) is 0 Å². The summed E-state index contributed by atoms with van der Waals surface area (Å²) in [6.07, 6.45) is 10.9. The van der Waals surface area contributed by atoms with E-state index in [1.54, 1.807) is 3.71 Å². The summed E-state index contributed by atoms with van der Waals surface area (Å²) in [6.45, 7) is 7.09. The average molecular weight is 585 g/mol. The molecule has 0 saturated heterocycles. The molecule has 0 spiro atoms. The summed E-state index contributed by atoms with van der Waals surface area (Å²) in [4.78, 5) is 4.94. The van der Waals surface area contributed by atoms with E-state index in [0.717, 1.165) is 0 Å². The van der Waals surface area contributed by atoms with E-state index in [1.165, 1.54) is 62.1 Å². The molecule has 0 unspecified atom stereocenters. The van der Waals surface area contributed by atoms with Gasteiger partial charge in [-0.15, -0.1) is 0 Å². The van der Waals surface area contributed by atoms with Crippen molar-refractivity contribution in [1.82, 2.24) is 9.55 Å². The second kappa shape index (κ2) is 12.8. The molecule has 0 radical (unpaired) electrons. The molecule has 3 heteroatoms. The van der Waals surface area contributed by atoms with E-state index in [4.69, 9.17) is 4.98 Å². The molecule has 36 heavy (non-hydrogen) atoms. The number of aromatic nitrogens is 2. The van der Waals surface area contributed by atoms with E-state index in [2.05, 4.69) is 129 Å². The van der Waals surface area contributed by atoms with Gasteiger partial charge in [0.2, 0.25) is 0 Å². The maximum absolute atomic E-state index is 4.94. The molecule has 1 heterocycles. The van der Waals surface area contributed by atoms with Crippen molar-refractivity contribution in [1.29, 1.82) is 0 Å². The molecule has 0 bridgehead atoms. The minimum absolute atomic E-state index is 0.454. The standard InChI is InChI=1S/C22H17N2.2C4H9.C3H7.Sn/c1-4-10-19(11-5-1)22(24-17-16-23-18-24,20-12-6-2-7-13-20)21-14-8-3-9-15-21;2*1-3-4-2;1-3-2;/h1-16,18H;2*1,3-4H2,2H3;1,3H2,2H3;. The Morgan fingerprint density at radius 1 is 0.611 bits per heavy atom. The van der Waals surface area contributed by atoms with E-state index in [0.29, 0.717) is 0 Å². The Balaban J connectivity index is 2.08. The number of benzene rings is 3. The fourth-order valence-corrected chi connectivity index (χ4v) is 22.2. The summed E-state index contributed by atoms with van der Waals surface area (Å²) in [5.74, 6) is 0. The van der Waals surface area contributed by atoms with Crippen LogP contribution in [0.3, 0.4) is 0 Å². The molecule has 0 saturated carbocycles. The van der Waals surface area contributed by atoms with Crippen molar-refractivity contribution in [2.75, 3.05) is 0 Å². The van der Waals surface area contributed by atoms with Gasteiger partial charge in [0, 0.05) is 0 Å². The fourth-order valence-electron chi connectivity index (χ4n) is 6.18. The Morgan fingerprint density at radius 3 is 1.44 bits per heavy atom. The van der Waals surface area contributed by atoms with Gasteiger partial charge in [-0.05, 0) is 0 Å². The predicted octanol–water partition coefficient (Wildman–Crippen LogP) is 8.39. The second-order valence-electron chi connectivity index (χ2n) is 10.2. The van der Waals surface area contributed by atoms with Crippen LogP contribution >= 0.6 is 0 Å². The van der Waals surface area contributed by atoms with Crippen molar-refractivity contribution in [2.24, 2.45) is 0 Å². The topological polar surface area (TPSA) is 17.8 Å². The van der Waals surface area contributed by atoms with E-state index >= 15 is 0 Å². The molecular weight excluding hydrogens is 543 g/mol. The van der Waals surface area contributed by atoms with Crippen LogP contribution in [0.4, 0.5) is 0 Å². The Hall–Kier alpha value is -2.33. The van der Waals surface area contributed by atoms with Gasteiger partial charge in [-0.25, -0.2) is 0 Å². The molecule has 0 atom stereocenters. The summed E-state index contributed by atoms with van der Waals surface area (Å²) in [6, 6.07) is 33.3. The first-order valence-electron chi connectivity index (χ1n) is 13.9. The molecular formula is C33H42N2Sn. The number of unbranched alkanes of at least 4 members (excludes halogenated alkanes) is 2. The predicted molar refractivity (Wildman–Crippen MR) is 157 cm³/mol. The molecule has 0 aliphatic rings. The number of rotatable bonds is 13. The molecule has 0 aliphatic heterocycles. The van der Waals surface area contributed by atoms with Crippen molar-refractivity contribution < 1.29 is 0 Å². The first-order chi connectivity index (χ1) is 17.7. The number of hydrogen-bond donors (Lipinski definition) is 0. The van der Waals surface area contributed by atoms with Crippen LogP contribution in [-0.2, 0) is 5.54 Å². The molecule has 2 nitrogen and oxygen atoms in total. The molecule has 3 aromatic carbocycles. The van der Waals surface area contributed by atoms with Gasteiger partial charge in [-0.2, -0.15) is 0 Å². The zero-order chi connectivity index (χ0) is 25.3. The first-order valence-corrected chi connectivity index (χ1v) is 21.4. The maximum atomic E-state index is 4.94. The number of imidazole rings is 1.